The van der Waals surface area contributed by atoms with Crippen molar-refractivity contribution in [2.24, 2.45) is 7.05 Å². The molecule has 2 N–H and O–H groups in total. The van der Waals surface area contributed by atoms with Crippen molar-refractivity contribution in [1.29, 1.82) is 0 Å². The average molecular weight is 306 g/mol. The number of sulfonamides is 1. The van der Waals surface area contributed by atoms with E-state index in [9.17, 15) is 13.2 Å². The lowest BCUT2D eigenvalue weighted by atomic mass is 10.2. The molecule has 0 bridgehead atoms. The Labute approximate surface area is 122 Å². The normalized spacial score (nSPS) is 16.2. The molecule has 0 atom stereocenters. The van der Waals surface area contributed by atoms with E-state index in [0.717, 1.165) is 4.31 Å². The van der Waals surface area contributed by atoms with Gasteiger partial charge in [-0.15, -0.1) is 0 Å². The molecule has 0 fully saturated rings. The summed E-state index contributed by atoms with van der Waals surface area (Å²) in [6.07, 6.45) is 3.76. The van der Waals surface area contributed by atoms with Gasteiger partial charge in [0.1, 0.15) is 10.7 Å². The molecule has 0 saturated heterocycles. The topological polar surface area (TPSA) is 98.3 Å². The molecule has 0 radical (unpaired) electrons. The molecule has 1 aromatic carbocycles. The van der Waals surface area contributed by atoms with E-state index in [0.29, 0.717) is 17.9 Å². The summed E-state index contributed by atoms with van der Waals surface area (Å²) in [5.74, 6) is 0.181. The number of amides is 1. The second-order valence-electron chi connectivity index (χ2n) is 4.84. The van der Waals surface area contributed by atoms with Crippen LogP contribution >= 0.6 is 0 Å². The van der Waals surface area contributed by atoms with Crippen molar-refractivity contribution in [3.8, 4) is 0 Å². The minimum absolute atomic E-state index is 0.0153. The third-order valence-corrected chi connectivity index (χ3v) is 5.33. The Bertz CT molecular complexity index is 826. The first-order chi connectivity index (χ1) is 9.91. The number of hydrogen-bond donors (Lipinski definition) is 1. The maximum Gasteiger partial charge on any atom is 0.269 e. The van der Waals surface area contributed by atoms with Crippen molar-refractivity contribution in [3.63, 3.8) is 0 Å². The number of imidazole rings is 1. The summed E-state index contributed by atoms with van der Waals surface area (Å²) < 4.78 is 27.4. The van der Waals surface area contributed by atoms with Gasteiger partial charge in [0.2, 0.25) is 0 Å². The van der Waals surface area contributed by atoms with E-state index in [1.54, 1.807) is 17.0 Å². The van der Waals surface area contributed by atoms with Crippen LogP contribution in [0.4, 0.5) is 5.69 Å². The standard InChI is InChI=1S/C13H14N4O3S/c1-16-7-5-15-12(16)4-6-17-13(18)10-8-9(14)2-3-11(10)21(17,19)20/h2-3,5,7-8H,4,6,14H2,1H3. The molecule has 0 aliphatic carbocycles. The van der Waals surface area contributed by atoms with Crippen molar-refractivity contribution in [1.82, 2.24) is 13.9 Å². The highest BCUT2D eigenvalue weighted by Gasteiger charge is 2.40. The quantitative estimate of drug-likeness (QED) is 0.827. The molecule has 3 rings (SSSR count). The van der Waals surface area contributed by atoms with E-state index >= 15 is 0 Å². The molecular formula is C13H14N4O3S. The first-order valence-corrected chi connectivity index (χ1v) is 7.78. The second kappa shape index (κ2) is 4.59. The van der Waals surface area contributed by atoms with Gasteiger partial charge >= 0.3 is 0 Å². The number of rotatable bonds is 3. The van der Waals surface area contributed by atoms with Crippen LogP contribution in [-0.4, -0.2) is 34.7 Å². The summed E-state index contributed by atoms with van der Waals surface area (Å²) >= 11 is 0. The van der Waals surface area contributed by atoms with E-state index in [4.69, 9.17) is 5.73 Å². The van der Waals surface area contributed by atoms with Gasteiger partial charge in [-0.2, -0.15) is 0 Å². The molecule has 1 aliphatic rings. The number of hydrogen-bond acceptors (Lipinski definition) is 5. The van der Waals surface area contributed by atoms with Crippen molar-refractivity contribution < 1.29 is 13.2 Å². The SMILES string of the molecule is Cn1ccnc1CCN1C(=O)c2cc(N)ccc2S1(=O)=O. The molecule has 2 aromatic rings. The van der Waals surface area contributed by atoms with E-state index in [2.05, 4.69) is 4.98 Å². The number of benzene rings is 1. The zero-order chi connectivity index (χ0) is 15.2. The zero-order valence-corrected chi connectivity index (χ0v) is 12.2. The largest absolute Gasteiger partial charge is 0.399 e. The summed E-state index contributed by atoms with van der Waals surface area (Å²) in [5, 5.41) is 0. The first-order valence-electron chi connectivity index (χ1n) is 6.34. The van der Waals surface area contributed by atoms with E-state index in [1.165, 1.54) is 18.2 Å². The number of fused-ring (bicyclic) bond motifs is 1. The molecule has 1 aromatic heterocycles. The molecule has 7 nitrogen and oxygen atoms in total. The smallest absolute Gasteiger partial charge is 0.269 e. The lowest BCUT2D eigenvalue weighted by Gasteiger charge is -2.14. The Morgan fingerprint density at radius 1 is 1.33 bits per heavy atom. The molecule has 2 heterocycles. The number of carbonyl (C=O) groups is 1. The number of nitrogens with two attached hydrogens (primary N) is 1. The number of aryl methyl sites for hydroxylation is 1. The number of nitrogens with zero attached hydrogens (tertiary/aromatic N) is 3. The monoisotopic (exact) mass is 306 g/mol. The molecule has 0 spiro atoms. The summed E-state index contributed by atoms with van der Waals surface area (Å²) in [6.45, 7) is 0.0562. The van der Waals surface area contributed by atoms with Gasteiger partial charge in [-0.25, -0.2) is 17.7 Å². The Hall–Kier alpha value is -2.35. The molecule has 21 heavy (non-hydrogen) atoms. The first kappa shape index (κ1) is 13.6. The highest BCUT2D eigenvalue weighted by Crippen LogP contribution is 2.31. The second-order valence-corrected chi connectivity index (χ2v) is 6.67. The molecule has 1 aliphatic heterocycles. The van der Waals surface area contributed by atoms with Gasteiger partial charge in [-0.05, 0) is 18.2 Å². The van der Waals surface area contributed by atoms with Crippen molar-refractivity contribution in [3.05, 3.63) is 42.0 Å². The van der Waals surface area contributed by atoms with Crippen LogP contribution in [0, 0.1) is 0 Å². The number of nitrogen functional groups attached to an aromatic ring is 1. The predicted molar refractivity (Wildman–Crippen MR) is 76.0 cm³/mol. The Morgan fingerprint density at radius 2 is 2.10 bits per heavy atom. The van der Waals surface area contributed by atoms with Gasteiger partial charge < -0.3 is 10.3 Å². The third kappa shape index (κ3) is 2.07. The summed E-state index contributed by atoms with van der Waals surface area (Å²) in [5.41, 5.74) is 6.12. The summed E-state index contributed by atoms with van der Waals surface area (Å²) in [6, 6.07) is 4.25. The highest BCUT2D eigenvalue weighted by atomic mass is 32.2. The van der Waals surface area contributed by atoms with Crippen molar-refractivity contribution in [2.75, 3.05) is 12.3 Å². The van der Waals surface area contributed by atoms with Crippen molar-refractivity contribution in [2.45, 2.75) is 11.3 Å². The maximum absolute atomic E-state index is 12.4. The highest BCUT2D eigenvalue weighted by molar-refractivity contribution is 7.90. The van der Waals surface area contributed by atoms with Crippen LogP contribution < -0.4 is 5.73 Å². The minimum Gasteiger partial charge on any atom is -0.399 e. The van der Waals surface area contributed by atoms with E-state index in [1.807, 2.05) is 7.05 Å². The lowest BCUT2D eigenvalue weighted by Crippen LogP contribution is -2.32. The average Bonchev–Trinajstić information content (AvgIpc) is 2.90. The lowest BCUT2D eigenvalue weighted by molar-refractivity contribution is 0.0871. The van der Waals surface area contributed by atoms with Crippen molar-refractivity contribution >= 4 is 21.6 Å². The van der Waals surface area contributed by atoms with E-state index < -0.39 is 15.9 Å². The van der Waals surface area contributed by atoms with Crippen LogP contribution in [0.5, 0.6) is 0 Å². The van der Waals surface area contributed by atoms with Gasteiger partial charge in [-0.1, -0.05) is 0 Å². The van der Waals surface area contributed by atoms with Crippen LogP contribution in [-0.2, 0) is 23.5 Å². The zero-order valence-electron chi connectivity index (χ0n) is 11.4. The number of anilines is 1. The predicted octanol–water partition coefficient (Wildman–Crippen LogP) is 0.390. The van der Waals surface area contributed by atoms with Crippen LogP contribution in [0.15, 0.2) is 35.5 Å². The van der Waals surface area contributed by atoms with Crippen LogP contribution in [0.2, 0.25) is 0 Å². The number of aromatic nitrogens is 2. The fraction of sp³-hybridized carbons (Fsp3) is 0.231. The molecule has 110 valence electrons. The third-order valence-electron chi connectivity index (χ3n) is 3.49. The maximum atomic E-state index is 12.4. The van der Waals surface area contributed by atoms with Gasteiger partial charge in [0.25, 0.3) is 15.9 Å². The fourth-order valence-corrected chi connectivity index (χ4v) is 3.91. The van der Waals surface area contributed by atoms with Crippen LogP contribution in [0.25, 0.3) is 0 Å². The minimum atomic E-state index is -3.79. The van der Waals surface area contributed by atoms with Gasteiger partial charge in [0.15, 0.2) is 0 Å². The number of carbonyl (C=O) groups excluding carboxylic acids is 1. The summed E-state index contributed by atoms with van der Waals surface area (Å²) in [7, 11) is -1.97. The van der Waals surface area contributed by atoms with Gasteiger partial charge in [0, 0.05) is 38.1 Å². The molecule has 0 unspecified atom stereocenters. The molecule has 0 saturated carbocycles. The Kier molecular flexibility index (Phi) is 2.98. The fourth-order valence-electron chi connectivity index (χ4n) is 2.36. The molecular weight excluding hydrogens is 292 g/mol. The Morgan fingerprint density at radius 3 is 2.76 bits per heavy atom. The Balaban J connectivity index is 1.91. The molecule has 8 heteroatoms. The van der Waals surface area contributed by atoms with Crippen LogP contribution in [0.1, 0.15) is 16.2 Å². The summed E-state index contributed by atoms with van der Waals surface area (Å²) in [4.78, 5) is 16.4. The van der Waals surface area contributed by atoms with Gasteiger partial charge in [0.05, 0.1) is 5.56 Å². The molecule has 1 amide bonds. The van der Waals surface area contributed by atoms with Crippen LogP contribution in [0.3, 0.4) is 0 Å². The van der Waals surface area contributed by atoms with E-state index in [-0.39, 0.29) is 17.0 Å². The van der Waals surface area contributed by atoms with Gasteiger partial charge in [-0.3, -0.25) is 4.79 Å².